The first-order valence-corrected chi connectivity index (χ1v) is 17.2. The Balaban J connectivity index is 1.74. The molecule has 0 unspecified atom stereocenters. The number of hydrogen-bond acceptors (Lipinski definition) is 6. The molecule has 6 nitrogen and oxygen atoms in total. The molecule has 1 heterocycles. The summed E-state index contributed by atoms with van der Waals surface area (Å²) in [7, 11) is 0. The molecule has 2 atom stereocenters. The number of benzene rings is 1. The number of nitrogens with one attached hydrogen (secondary N) is 1. The molecule has 0 aliphatic heterocycles. The zero-order chi connectivity index (χ0) is 30.5. The van der Waals surface area contributed by atoms with Crippen molar-refractivity contribution in [1.29, 1.82) is 0 Å². The van der Waals surface area contributed by atoms with Crippen molar-refractivity contribution < 1.29 is 14.4 Å². The number of amides is 1. The Bertz CT molecular complexity index is 1180. The van der Waals surface area contributed by atoms with Crippen molar-refractivity contribution in [3.8, 4) is 0 Å². The maximum Gasteiger partial charge on any atom is 0.224 e. The normalized spacial score (nSPS) is 15.5. The molecule has 0 saturated heterocycles. The Kier molecular flexibility index (Phi) is 14.4. The summed E-state index contributed by atoms with van der Waals surface area (Å²) in [4.78, 5) is 46.7. The molecule has 0 radical (unpaired) electrons. The highest BCUT2D eigenvalue weighted by molar-refractivity contribution is 7.18. The van der Waals surface area contributed by atoms with Gasteiger partial charge in [0.05, 0.1) is 21.1 Å². The zero-order valence-electron chi connectivity index (χ0n) is 26.5. The van der Waals surface area contributed by atoms with Gasteiger partial charge in [-0.05, 0) is 62.4 Å². The van der Waals surface area contributed by atoms with Gasteiger partial charge in [0.1, 0.15) is 5.78 Å². The summed E-state index contributed by atoms with van der Waals surface area (Å²) < 4.78 is 1.13. The maximum atomic E-state index is 13.9. The highest BCUT2D eigenvalue weighted by Crippen LogP contribution is 2.30. The molecule has 1 N–H and O–H groups in total. The molecule has 2 aromatic rings. The summed E-state index contributed by atoms with van der Waals surface area (Å²) >= 11 is 1.63. The van der Waals surface area contributed by atoms with Crippen LogP contribution in [0.4, 0.5) is 0 Å². The van der Waals surface area contributed by atoms with Crippen LogP contribution in [0.3, 0.4) is 0 Å². The second kappa shape index (κ2) is 17.7. The zero-order valence-corrected chi connectivity index (χ0v) is 27.3. The number of hydrogen-bond donors (Lipinski definition) is 1. The number of ketones is 2. The van der Waals surface area contributed by atoms with E-state index in [1.165, 1.54) is 37.7 Å². The monoisotopic (exact) mass is 595 g/mol. The van der Waals surface area contributed by atoms with Crippen molar-refractivity contribution in [3.05, 3.63) is 40.9 Å². The minimum Gasteiger partial charge on any atom is -0.353 e. The van der Waals surface area contributed by atoms with Crippen molar-refractivity contribution in [2.24, 2.45) is 11.8 Å². The fourth-order valence-electron chi connectivity index (χ4n) is 6.13. The Labute approximate surface area is 257 Å². The number of Topliss-reactive ketones (excluding diaryl/α,β-unsaturated/α-hetero) is 2. The van der Waals surface area contributed by atoms with E-state index in [1.54, 1.807) is 11.3 Å². The first kappa shape index (κ1) is 34.1. The summed E-state index contributed by atoms with van der Waals surface area (Å²) in [6, 6.07) is 6.25. The van der Waals surface area contributed by atoms with Crippen molar-refractivity contribution in [3.63, 3.8) is 0 Å². The van der Waals surface area contributed by atoms with Gasteiger partial charge in [0.15, 0.2) is 5.78 Å². The third-order valence-electron chi connectivity index (χ3n) is 8.81. The van der Waals surface area contributed by atoms with E-state index in [-0.39, 0.29) is 29.9 Å². The number of rotatable bonds is 19. The first-order valence-electron chi connectivity index (χ1n) is 16.4. The molecule has 3 rings (SSSR count). The van der Waals surface area contributed by atoms with Crippen molar-refractivity contribution >= 4 is 39.0 Å². The third kappa shape index (κ3) is 10.7. The smallest absolute Gasteiger partial charge is 0.224 e. The van der Waals surface area contributed by atoms with Gasteiger partial charge in [0.25, 0.3) is 0 Å². The van der Waals surface area contributed by atoms with E-state index in [9.17, 15) is 14.4 Å². The molecule has 0 bridgehead atoms. The molecule has 7 heteroatoms. The lowest BCUT2D eigenvalue weighted by atomic mass is 9.83. The quantitative estimate of drug-likeness (QED) is 0.170. The second-order valence-corrected chi connectivity index (χ2v) is 13.2. The van der Waals surface area contributed by atoms with Gasteiger partial charge < -0.3 is 5.32 Å². The lowest BCUT2D eigenvalue weighted by molar-refractivity contribution is -0.130. The lowest BCUT2D eigenvalue weighted by Gasteiger charge is -2.28. The van der Waals surface area contributed by atoms with Gasteiger partial charge in [-0.3, -0.25) is 19.3 Å². The van der Waals surface area contributed by atoms with Crippen LogP contribution in [-0.4, -0.2) is 53.0 Å². The van der Waals surface area contributed by atoms with Crippen LogP contribution in [0.25, 0.3) is 10.2 Å². The number of carbonyl (C=O) groups is 3. The standard InChI is InChI=1S/C35H53N3O3S/c1-6-13-30(39)22-28(23-34-37-31-18-16-26(7-2)21-33(31)42-34)35(41)36-29(20-27-14-11-10-12-15-27)17-19-32(40)25(5)24-38(8-3)9-4/h16,18,21,27-29H,5-15,17,19-20,22-24H2,1-4H3,(H,36,41)/t28-,29+/m0/s1. The van der Waals surface area contributed by atoms with Crippen LogP contribution in [0.5, 0.6) is 0 Å². The fourth-order valence-corrected chi connectivity index (χ4v) is 7.24. The van der Waals surface area contributed by atoms with Gasteiger partial charge in [-0.15, -0.1) is 11.3 Å². The minimum atomic E-state index is -0.461. The highest BCUT2D eigenvalue weighted by Gasteiger charge is 2.28. The van der Waals surface area contributed by atoms with Crippen LogP contribution in [0.1, 0.15) is 109 Å². The van der Waals surface area contributed by atoms with Crippen molar-refractivity contribution in [2.75, 3.05) is 19.6 Å². The van der Waals surface area contributed by atoms with Crippen molar-refractivity contribution in [2.45, 2.75) is 117 Å². The van der Waals surface area contributed by atoms with Crippen LogP contribution in [0.15, 0.2) is 30.4 Å². The van der Waals surface area contributed by atoms with Crippen LogP contribution < -0.4 is 5.32 Å². The number of nitrogens with zero attached hydrogens (tertiary/aromatic N) is 2. The number of carbonyl (C=O) groups excluding carboxylic acids is 3. The molecular formula is C35H53N3O3S. The minimum absolute atomic E-state index is 0.0804. The summed E-state index contributed by atoms with van der Waals surface area (Å²) in [5.41, 5.74) is 2.86. The van der Waals surface area contributed by atoms with Gasteiger partial charge >= 0.3 is 0 Å². The van der Waals surface area contributed by atoms with Gasteiger partial charge in [-0.1, -0.05) is 72.4 Å². The molecule has 1 fully saturated rings. The van der Waals surface area contributed by atoms with E-state index in [0.717, 1.165) is 47.6 Å². The predicted molar refractivity (Wildman–Crippen MR) is 175 cm³/mol. The van der Waals surface area contributed by atoms with Crippen LogP contribution in [0.2, 0.25) is 0 Å². The summed E-state index contributed by atoms with van der Waals surface area (Å²) in [6.07, 6.45) is 10.9. The average Bonchev–Trinajstić information content (AvgIpc) is 3.40. The Morgan fingerprint density at radius 3 is 2.48 bits per heavy atom. The molecule has 232 valence electrons. The molecule has 1 saturated carbocycles. The van der Waals surface area contributed by atoms with Crippen LogP contribution in [0, 0.1) is 11.8 Å². The molecule has 1 aliphatic carbocycles. The highest BCUT2D eigenvalue weighted by atomic mass is 32.1. The van der Waals surface area contributed by atoms with E-state index < -0.39 is 5.92 Å². The summed E-state index contributed by atoms with van der Waals surface area (Å²) in [5.74, 6) is 0.231. The fraction of sp³-hybridized carbons (Fsp3) is 0.657. The number of likely N-dealkylation sites (N-methyl/N-ethyl adjacent to an activating group) is 1. The molecule has 1 aliphatic rings. The molecule has 1 aromatic carbocycles. The Morgan fingerprint density at radius 1 is 1.07 bits per heavy atom. The maximum absolute atomic E-state index is 13.9. The average molecular weight is 596 g/mol. The van der Waals surface area contributed by atoms with Crippen LogP contribution in [-0.2, 0) is 27.2 Å². The van der Waals surface area contributed by atoms with Gasteiger partial charge in [-0.25, -0.2) is 4.98 Å². The van der Waals surface area contributed by atoms with E-state index in [0.29, 0.717) is 43.7 Å². The number of thiazole rings is 1. The molecule has 0 spiro atoms. The van der Waals surface area contributed by atoms with E-state index in [4.69, 9.17) is 4.98 Å². The Morgan fingerprint density at radius 2 is 1.81 bits per heavy atom. The molecular weight excluding hydrogens is 542 g/mol. The van der Waals surface area contributed by atoms with E-state index >= 15 is 0 Å². The lowest BCUT2D eigenvalue weighted by Crippen LogP contribution is -2.42. The SMILES string of the molecule is C=C(CN(CC)CC)C(=O)CC[C@H](CC1CCCCC1)NC(=O)[C@@H](CC(=O)CCC)Cc1nc2ccc(CC)cc2s1. The van der Waals surface area contributed by atoms with Gasteiger partial charge in [0, 0.05) is 43.8 Å². The summed E-state index contributed by atoms with van der Waals surface area (Å²) in [6.45, 7) is 14.8. The molecule has 42 heavy (non-hydrogen) atoms. The Hall–Kier alpha value is -2.38. The van der Waals surface area contributed by atoms with Crippen LogP contribution >= 0.6 is 11.3 Å². The number of fused-ring (bicyclic) bond motifs is 1. The third-order valence-corrected chi connectivity index (χ3v) is 9.85. The second-order valence-electron chi connectivity index (χ2n) is 12.1. The molecule has 1 aromatic heterocycles. The predicted octanol–water partition coefficient (Wildman–Crippen LogP) is 7.48. The topological polar surface area (TPSA) is 79.4 Å². The molecule has 1 amide bonds. The van der Waals surface area contributed by atoms with E-state index in [1.807, 2.05) is 6.92 Å². The largest absolute Gasteiger partial charge is 0.353 e. The number of aryl methyl sites for hydroxylation is 1. The van der Waals surface area contributed by atoms with E-state index in [2.05, 4.69) is 55.8 Å². The van der Waals surface area contributed by atoms with Crippen molar-refractivity contribution in [1.82, 2.24) is 15.2 Å². The van der Waals surface area contributed by atoms with Gasteiger partial charge in [-0.2, -0.15) is 0 Å². The van der Waals surface area contributed by atoms with Gasteiger partial charge in [0.2, 0.25) is 5.91 Å². The summed E-state index contributed by atoms with van der Waals surface area (Å²) in [5, 5.41) is 4.23. The first-order chi connectivity index (χ1) is 20.3. The number of aromatic nitrogens is 1.